The fourth-order valence-corrected chi connectivity index (χ4v) is 3.94. The molecule has 0 radical (unpaired) electrons. The van der Waals surface area contributed by atoms with Gasteiger partial charge in [0, 0.05) is 44.1 Å². The zero-order valence-electron chi connectivity index (χ0n) is 15.4. The van der Waals surface area contributed by atoms with Crippen LogP contribution in [0.5, 0.6) is 0 Å². The summed E-state index contributed by atoms with van der Waals surface area (Å²) in [6.45, 7) is 1.28. The third-order valence-electron chi connectivity index (χ3n) is 4.90. The van der Waals surface area contributed by atoms with E-state index in [1.165, 1.54) is 11.3 Å². The van der Waals surface area contributed by atoms with Crippen molar-refractivity contribution >= 4 is 28.3 Å². The van der Waals surface area contributed by atoms with Crippen LogP contribution < -0.4 is 10.2 Å². The minimum Gasteiger partial charge on any atom is -0.352 e. The standard InChI is InChI=1S/C19H20N6O2S/c1-24(19-21-6-8-28-19)18(27)15-12-23-25-7-4-13(9-16(15)25)10-22-17(26)14-3-2-5-20-11-14/h2-3,5-6,8,11-13H,4,7,9-10H2,1H3,(H,22,26). The van der Waals surface area contributed by atoms with Crippen molar-refractivity contribution in [1.29, 1.82) is 0 Å². The summed E-state index contributed by atoms with van der Waals surface area (Å²) in [6.07, 6.45) is 8.10. The lowest BCUT2D eigenvalue weighted by Crippen LogP contribution is -2.34. The number of rotatable bonds is 5. The first-order valence-corrected chi connectivity index (χ1v) is 9.92. The molecular formula is C19H20N6O2S. The van der Waals surface area contributed by atoms with Gasteiger partial charge in [-0.2, -0.15) is 5.10 Å². The Morgan fingerprint density at radius 1 is 1.36 bits per heavy atom. The van der Waals surface area contributed by atoms with E-state index in [2.05, 4.69) is 20.4 Å². The summed E-state index contributed by atoms with van der Waals surface area (Å²) in [6, 6.07) is 3.48. The summed E-state index contributed by atoms with van der Waals surface area (Å²) < 4.78 is 1.89. The lowest BCUT2D eigenvalue weighted by atomic mass is 9.94. The van der Waals surface area contributed by atoms with Crippen molar-refractivity contribution in [2.45, 2.75) is 19.4 Å². The smallest absolute Gasteiger partial charge is 0.263 e. The maximum Gasteiger partial charge on any atom is 0.263 e. The predicted molar refractivity (Wildman–Crippen MR) is 105 cm³/mol. The average Bonchev–Trinajstić information content (AvgIpc) is 3.41. The second-order valence-electron chi connectivity index (χ2n) is 6.72. The monoisotopic (exact) mass is 396 g/mol. The summed E-state index contributed by atoms with van der Waals surface area (Å²) in [5.74, 6) is 0.00442. The zero-order chi connectivity index (χ0) is 19.5. The molecule has 4 heterocycles. The highest BCUT2D eigenvalue weighted by Crippen LogP contribution is 2.25. The Labute approximate surface area is 166 Å². The highest BCUT2D eigenvalue weighted by molar-refractivity contribution is 7.13. The number of pyridine rings is 1. The maximum atomic E-state index is 12.9. The van der Waals surface area contributed by atoms with Gasteiger partial charge in [-0.15, -0.1) is 11.3 Å². The molecule has 4 rings (SSSR count). The number of hydrogen-bond donors (Lipinski definition) is 1. The summed E-state index contributed by atoms with van der Waals surface area (Å²) in [5.41, 5.74) is 2.06. The van der Waals surface area contributed by atoms with Gasteiger partial charge in [0.15, 0.2) is 5.13 Å². The zero-order valence-corrected chi connectivity index (χ0v) is 16.2. The number of aromatic nitrogens is 4. The number of hydrogen-bond acceptors (Lipinski definition) is 6. The lowest BCUT2D eigenvalue weighted by Gasteiger charge is -2.25. The van der Waals surface area contributed by atoms with Gasteiger partial charge in [0.05, 0.1) is 23.0 Å². The molecule has 0 aromatic carbocycles. The Morgan fingerprint density at radius 2 is 2.25 bits per heavy atom. The largest absolute Gasteiger partial charge is 0.352 e. The number of carbonyl (C=O) groups is 2. The molecule has 3 aromatic heterocycles. The van der Waals surface area contributed by atoms with Crippen LogP contribution in [0.1, 0.15) is 32.8 Å². The van der Waals surface area contributed by atoms with E-state index in [9.17, 15) is 9.59 Å². The normalized spacial score (nSPS) is 15.7. The van der Waals surface area contributed by atoms with Gasteiger partial charge in [-0.1, -0.05) is 0 Å². The molecule has 2 amide bonds. The minimum absolute atomic E-state index is 0.115. The molecule has 9 heteroatoms. The average molecular weight is 396 g/mol. The van der Waals surface area contributed by atoms with Gasteiger partial charge < -0.3 is 5.32 Å². The van der Waals surface area contributed by atoms with Crippen molar-refractivity contribution < 1.29 is 9.59 Å². The van der Waals surface area contributed by atoms with Gasteiger partial charge >= 0.3 is 0 Å². The molecule has 28 heavy (non-hydrogen) atoms. The third-order valence-corrected chi connectivity index (χ3v) is 5.74. The highest BCUT2D eigenvalue weighted by atomic mass is 32.1. The van der Waals surface area contributed by atoms with Crippen LogP contribution in [0, 0.1) is 5.92 Å². The van der Waals surface area contributed by atoms with Crippen LogP contribution in [0.3, 0.4) is 0 Å². The molecule has 0 aliphatic carbocycles. The van der Waals surface area contributed by atoms with Gasteiger partial charge in [0.25, 0.3) is 11.8 Å². The number of thiazole rings is 1. The molecule has 0 saturated carbocycles. The number of nitrogens with zero attached hydrogens (tertiary/aromatic N) is 5. The second-order valence-corrected chi connectivity index (χ2v) is 7.59. The summed E-state index contributed by atoms with van der Waals surface area (Å²) in [7, 11) is 1.72. The van der Waals surface area contributed by atoms with Crippen LogP contribution in [0.4, 0.5) is 5.13 Å². The number of amides is 2. The Hall–Kier alpha value is -3.07. The Bertz CT molecular complexity index is 970. The van der Waals surface area contributed by atoms with Gasteiger partial charge in [-0.25, -0.2) is 4.98 Å². The lowest BCUT2D eigenvalue weighted by molar-refractivity contribution is 0.0941. The molecule has 8 nitrogen and oxygen atoms in total. The molecule has 0 saturated heterocycles. The molecule has 144 valence electrons. The van der Waals surface area contributed by atoms with E-state index in [0.29, 0.717) is 29.2 Å². The molecule has 1 aliphatic rings. The molecule has 0 fully saturated rings. The molecule has 1 aliphatic heterocycles. The van der Waals surface area contributed by atoms with Crippen LogP contribution in [-0.4, -0.2) is 45.2 Å². The van der Waals surface area contributed by atoms with Gasteiger partial charge in [0.2, 0.25) is 0 Å². The molecule has 3 aromatic rings. The molecule has 1 atom stereocenters. The maximum absolute atomic E-state index is 12.9. The number of anilines is 1. The van der Waals surface area contributed by atoms with Crippen LogP contribution in [-0.2, 0) is 13.0 Å². The Kier molecular flexibility index (Phi) is 5.16. The molecule has 1 N–H and O–H groups in total. The van der Waals surface area contributed by atoms with Crippen LogP contribution in [0.25, 0.3) is 0 Å². The van der Waals surface area contributed by atoms with E-state index in [0.717, 1.165) is 18.7 Å². The summed E-state index contributed by atoms with van der Waals surface area (Å²) in [5, 5.41) is 9.84. The molecule has 0 spiro atoms. The predicted octanol–water partition coefficient (Wildman–Crippen LogP) is 2.00. The Morgan fingerprint density at radius 3 is 3.00 bits per heavy atom. The van der Waals surface area contributed by atoms with E-state index in [4.69, 9.17) is 0 Å². The van der Waals surface area contributed by atoms with E-state index in [-0.39, 0.29) is 17.7 Å². The number of nitrogens with one attached hydrogen (secondary N) is 1. The van der Waals surface area contributed by atoms with Crippen molar-refractivity contribution in [2.24, 2.45) is 5.92 Å². The van der Waals surface area contributed by atoms with E-state index >= 15 is 0 Å². The molecule has 0 bridgehead atoms. The van der Waals surface area contributed by atoms with Crippen LogP contribution in [0.2, 0.25) is 0 Å². The summed E-state index contributed by atoms with van der Waals surface area (Å²) >= 11 is 1.42. The molecular weight excluding hydrogens is 376 g/mol. The molecule has 1 unspecified atom stereocenters. The third kappa shape index (κ3) is 3.65. The fraction of sp³-hybridized carbons (Fsp3) is 0.316. The van der Waals surface area contributed by atoms with Gasteiger partial charge in [-0.3, -0.25) is 24.2 Å². The summed E-state index contributed by atoms with van der Waals surface area (Å²) in [4.78, 5) is 34.9. The van der Waals surface area contributed by atoms with Crippen molar-refractivity contribution in [3.63, 3.8) is 0 Å². The first-order chi connectivity index (χ1) is 13.6. The van der Waals surface area contributed by atoms with Crippen molar-refractivity contribution in [3.8, 4) is 0 Å². The minimum atomic E-state index is -0.132. The van der Waals surface area contributed by atoms with Crippen molar-refractivity contribution in [3.05, 3.63) is 59.1 Å². The van der Waals surface area contributed by atoms with Crippen molar-refractivity contribution in [1.82, 2.24) is 25.1 Å². The van der Waals surface area contributed by atoms with E-state index in [1.807, 2.05) is 10.1 Å². The quantitative estimate of drug-likeness (QED) is 0.712. The van der Waals surface area contributed by atoms with Gasteiger partial charge in [0.1, 0.15) is 0 Å². The van der Waals surface area contributed by atoms with E-state index < -0.39 is 0 Å². The van der Waals surface area contributed by atoms with Crippen molar-refractivity contribution in [2.75, 3.05) is 18.5 Å². The first kappa shape index (κ1) is 18.3. The fourth-order valence-electron chi connectivity index (χ4n) is 3.34. The van der Waals surface area contributed by atoms with E-state index in [1.54, 1.807) is 48.9 Å². The van der Waals surface area contributed by atoms with Crippen LogP contribution >= 0.6 is 11.3 Å². The topological polar surface area (TPSA) is 93.0 Å². The number of fused-ring (bicyclic) bond motifs is 1. The second kappa shape index (κ2) is 7.89. The number of aryl methyl sites for hydroxylation is 1. The van der Waals surface area contributed by atoms with Crippen LogP contribution in [0.15, 0.2) is 42.3 Å². The van der Waals surface area contributed by atoms with Gasteiger partial charge in [-0.05, 0) is 30.9 Å². The number of carbonyl (C=O) groups excluding carboxylic acids is 2. The SMILES string of the molecule is CN(C(=O)c1cnn2c1CC(CNC(=O)c1cccnc1)CC2)c1nccs1. The first-order valence-electron chi connectivity index (χ1n) is 9.04. The Balaban J connectivity index is 1.43. The highest BCUT2D eigenvalue weighted by Gasteiger charge is 2.27.